The molecule has 0 aliphatic heterocycles. The topological polar surface area (TPSA) is 101 Å². The van der Waals surface area contributed by atoms with Crippen LogP contribution in [0, 0.1) is 20.8 Å². The Labute approximate surface area is 124 Å². The van der Waals surface area contributed by atoms with Crippen LogP contribution in [0.5, 0.6) is 0 Å². The average molecular weight is 312 g/mol. The maximum Gasteiger partial charge on any atom is 0.250 e. The van der Waals surface area contributed by atoms with Crippen molar-refractivity contribution in [2.75, 3.05) is 0 Å². The summed E-state index contributed by atoms with van der Waals surface area (Å²) in [7, 11) is -3.66. The Kier molecular flexibility index (Phi) is 4.20. The number of aromatic nitrogens is 3. The van der Waals surface area contributed by atoms with Gasteiger partial charge in [-0.05, 0) is 27.2 Å². The van der Waals surface area contributed by atoms with Gasteiger partial charge in [0.2, 0.25) is 15.9 Å². The maximum atomic E-state index is 12.6. The van der Waals surface area contributed by atoms with Crippen molar-refractivity contribution in [3.05, 3.63) is 17.3 Å². The number of rotatable bonds is 5. The number of sulfonamides is 1. The lowest BCUT2D eigenvalue weighted by Gasteiger charge is -2.12. The van der Waals surface area contributed by atoms with Gasteiger partial charge in [-0.1, -0.05) is 6.92 Å². The van der Waals surface area contributed by atoms with Gasteiger partial charge in [-0.25, -0.2) is 13.1 Å². The molecule has 116 valence electrons. The highest BCUT2D eigenvalue weighted by atomic mass is 32.2. The van der Waals surface area contributed by atoms with Gasteiger partial charge in [-0.2, -0.15) is 0 Å². The summed E-state index contributed by atoms with van der Waals surface area (Å²) in [5.74, 6) is 0.598. The third-order valence-corrected chi connectivity index (χ3v) is 5.06. The Morgan fingerprint density at radius 2 is 1.90 bits per heavy atom. The molecular formula is C13H20N4O3S. The molecule has 0 radical (unpaired) electrons. The highest BCUT2D eigenvalue weighted by Gasteiger charge is 2.29. The van der Waals surface area contributed by atoms with Crippen molar-refractivity contribution in [3.8, 4) is 11.5 Å². The molecule has 1 atom stereocenters. The van der Waals surface area contributed by atoms with Crippen LogP contribution < -0.4 is 4.72 Å². The second-order valence-electron chi connectivity index (χ2n) is 5.14. The third kappa shape index (κ3) is 3.01. The molecule has 1 unspecified atom stereocenters. The molecule has 0 saturated carbocycles. The second-order valence-corrected chi connectivity index (χ2v) is 6.79. The summed E-state index contributed by atoms with van der Waals surface area (Å²) >= 11 is 0. The summed E-state index contributed by atoms with van der Waals surface area (Å²) in [4.78, 5) is 3.20. The standard InChI is InChI=1S/C13H20N4O3S/c1-6-7(2)17-21(18,19)12-9(4)14-8(3)11(12)13-16-15-10(5)20-13/h7,14,17H,6H2,1-5H3. The van der Waals surface area contributed by atoms with E-state index in [-0.39, 0.29) is 16.8 Å². The fraction of sp³-hybridized carbons (Fsp3) is 0.538. The highest BCUT2D eigenvalue weighted by Crippen LogP contribution is 2.32. The number of hydrogen-bond acceptors (Lipinski definition) is 5. The van der Waals surface area contributed by atoms with Crippen molar-refractivity contribution in [1.29, 1.82) is 0 Å². The van der Waals surface area contributed by atoms with E-state index in [4.69, 9.17) is 4.42 Å². The smallest absolute Gasteiger partial charge is 0.250 e. The van der Waals surface area contributed by atoms with Crippen LogP contribution in [0.3, 0.4) is 0 Å². The SMILES string of the molecule is CCC(C)NS(=O)(=O)c1c(C)[nH]c(C)c1-c1nnc(C)o1. The molecule has 2 N–H and O–H groups in total. The van der Waals surface area contributed by atoms with Crippen molar-refractivity contribution in [3.63, 3.8) is 0 Å². The average Bonchev–Trinajstić information content (AvgIpc) is 2.92. The molecule has 0 aliphatic rings. The fourth-order valence-corrected chi connectivity index (χ4v) is 3.93. The minimum absolute atomic E-state index is 0.151. The Morgan fingerprint density at radius 3 is 2.43 bits per heavy atom. The molecule has 0 saturated heterocycles. The van der Waals surface area contributed by atoms with Crippen LogP contribution in [0.15, 0.2) is 9.31 Å². The lowest BCUT2D eigenvalue weighted by molar-refractivity contribution is 0.529. The van der Waals surface area contributed by atoms with Gasteiger partial charge < -0.3 is 9.40 Å². The summed E-state index contributed by atoms with van der Waals surface area (Å²) in [6.45, 7) is 8.90. The molecule has 0 aromatic carbocycles. The number of nitrogens with zero attached hydrogens (tertiary/aromatic N) is 2. The van der Waals surface area contributed by atoms with Gasteiger partial charge in [0.05, 0.1) is 5.56 Å². The molecule has 0 spiro atoms. The van der Waals surface area contributed by atoms with Crippen LogP contribution in [0.2, 0.25) is 0 Å². The molecule has 0 aliphatic carbocycles. The van der Waals surface area contributed by atoms with E-state index in [0.717, 1.165) is 0 Å². The van der Waals surface area contributed by atoms with Gasteiger partial charge in [0.25, 0.3) is 5.89 Å². The number of hydrogen-bond donors (Lipinski definition) is 2. The summed E-state index contributed by atoms with van der Waals surface area (Å²) in [5.41, 5.74) is 1.67. The largest absolute Gasteiger partial charge is 0.421 e. The quantitative estimate of drug-likeness (QED) is 0.880. The predicted molar refractivity (Wildman–Crippen MR) is 78.4 cm³/mol. The van der Waals surface area contributed by atoms with Crippen LogP contribution in [-0.4, -0.2) is 29.6 Å². The first-order chi connectivity index (χ1) is 9.76. The molecule has 0 fully saturated rings. The Hall–Kier alpha value is -1.67. The van der Waals surface area contributed by atoms with Gasteiger partial charge in [0.15, 0.2) is 0 Å². The zero-order valence-electron chi connectivity index (χ0n) is 12.8. The van der Waals surface area contributed by atoms with Gasteiger partial charge in [0, 0.05) is 24.4 Å². The van der Waals surface area contributed by atoms with Crippen LogP contribution in [0.4, 0.5) is 0 Å². The van der Waals surface area contributed by atoms with Gasteiger partial charge >= 0.3 is 0 Å². The second kappa shape index (κ2) is 5.61. The van der Waals surface area contributed by atoms with E-state index in [0.29, 0.717) is 29.3 Å². The number of H-pyrrole nitrogens is 1. The minimum Gasteiger partial charge on any atom is -0.421 e. The van der Waals surface area contributed by atoms with Gasteiger partial charge in [-0.3, -0.25) is 0 Å². The molecular weight excluding hydrogens is 292 g/mol. The molecule has 7 nitrogen and oxygen atoms in total. The maximum absolute atomic E-state index is 12.6. The predicted octanol–water partition coefficient (Wildman–Crippen LogP) is 2.07. The lowest BCUT2D eigenvalue weighted by atomic mass is 10.2. The van der Waals surface area contributed by atoms with E-state index in [9.17, 15) is 8.42 Å². The number of aromatic amines is 1. The van der Waals surface area contributed by atoms with Crippen molar-refractivity contribution >= 4 is 10.0 Å². The van der Waals surface area contributed by atoms with Crippen molar-refractivity contribution in [2.24, 2.45) is 0 Å². The molecule has 21 heavy (non-hydrogen) atoms. The van der Waals surface area contributed by atoms with E-state index in [1.165, 1.54) is 0 Å². The Bertz CT molecular complexity index is 746. The van der Waals surface area contributed by atoms with Crippen LogP contribution in [-0.2, 0) is 10.0 Å². The molecule has 2 heterocycles. The van der Waals surface area contributed by atoms with Crippen molar-refractivity contribution in [1.82, 2.24) is 19.9 Å². The normalized spacial score (nSPS) is 13.6. The summed E-state index contributed by atoms with van der Waals surface area (Å²) in [6, 6.07) is -0.151. The minimum atomic E-state index is -3.66. The van der Waals surface area contributed by atoms with Crippen LogP contribution in [0.1, 0.15) is 37.5 Å². The highest BCUT2D eigenvalue weighted by molar-refractivity contribution is 7.89. The zero-order chi connectivity index (χ0) is 15.8. The van der Waals surface area contributed by atoms with E-state index in [1.807, 2.05) is 13.8 Å². The molecule has 0 amide bonds. The number of aryl methyl sites for hydroxylation is 3. The van der Waals surface area contributed by atoms with Crippen LogP contribution >= 0.6 is 0 Å². The molecule has 0 bridgehead atoms. The Balaban J connectivity index is 2.59. The summed E-state index contributed by atoms with van der Waals surface area (Å²) in [5, 5.41) is 7.70. The molecule has 2 aromatic rings. The lowest BCUT2D eigenvalue weighted by Crippen LogP contribution is -2.32. The first-order valence-corrected chi connectivity index (χ1v) is 8.26. The monoisotopic (exact) mass is 312 g/mol. The molecule has 2 aromatic heterocycles. The first kappa shape index (κ1) is 15.7. The van der Waals surface area contributed by atoms with Crippen LogP contribution in [0.25, 0.3) is 11.5 Å². The van der Waals surface area contributed by atoms with E-state index in [2.05, 4.69) is 19.9 Å². The summed E-state index contributed by atoms with van der Waals surface area (Å²) < 4.78 is 33.3. The fourth-order valence-electron chi connectivity index (χ4n) is 2.16. The van der Waals surface area contributed by atoms with E-state index >= 15 is 0 Å². The number of nitrogens with one attached hydrogen (secondary N) is 2. The van der Waals surface area contributed by atoms with E-state index in [1.54, 1.807) is 20.8 Å². The van der Waals surface area contributed by atoms with Gasteiger partial charge in [-0.15, -0.1) is 10.2 Å². The zero-order valence-corrected chi connectivity index (χ0v) is 13.6. The van der Waals surface area contributed by atoms with Crippen molar-refractivity contribution < 1.29 is 12.8 Å². The van der Waals surface area contributed by atoms with Gasteiger partial charge in [0.1, 0.15) is 4.90 Å². The van der Waals surface area contributed by atoms with E-state index < -0.39 is 10.0 Å². The van der Waals surface area contributed by atoms with Crippen molar-refractivity contribution in [2.45, 2.75) is 52.0 Å². The third-order valence-electron chi connectivity index (χ3n) is 3.29. The molecule has 2 rings (SSSR count). The molecule has 8 heteroatoms. The first-order valence-electron chi connectivity index (χ1n) is 6.78. The summed E-state index contributed by atoms with van der Waals surface area (Å²) in [6.07, 6.45) is 0.705. The Morgan fingerprint density at radius 1 is 1.24 bits per heavy atom.